The zero-order valence-corrected chi connectivity index (χ0v) is 10.0. The topological polar surface area (TPSA) is 56.0 Å². The van der Waals surface area contributed by atoms with Crippen molar-refractivity contribution in [2.75, 3.05) is 0 Å². The predicted molar refractivity (Wildman–Crippen MR) is 63.8 cm³/mol. The third-order valence-electron chi connectivity index (χ3n) is 1.85. The van der Waals surface area contributed by atoms with Crippen LogP contribution in [-0.2, 0) is 0 Å². The van der Waals surface area contributed by atoms with Gasteiger partial charge in [0.1, 0.15) is 10.7 Å². The second-order valence-corrected chi connectivity index (χ2v) is 4.68. The molecular formula is C10H7BrN2OS. The molecule has 76 valence electrons. The first kappa shape index (κ1) is 10.3. The van der Waals surface area contributed by atoms with Crippen LogP contribution in [0.5, 0.6) is 0 Å². The molecular weight excluding hydrogens is 276 g/mol. The summed E-state index contributed by atoms with van der Waals surface area (Å²) in [6.07, 6.45) is 0. The van der Waals surface area contributed by atoms with E-state index in [0.29, 0.717) is 5.69 Å². The van der Waals surface area contributed by atoms with Crippen LogP contribution >= 0.6 is 27.3 Å². The number of nitrogens with zero attached hydrogens (tertiary/aromatic N) is 1. The number of amides is 1. The summed E-state index contributed by atoms with van der Waals surface area (Å²) >= 11 is 4.76. The van der Waals surface area contributed by atoms with Crippen molar-refractivity contribution >= 4 is 33.2 Å². The Bertz CT molecular complexity index is 492. The molecule has 0 aliphatic heterocycles. The lowest BCUT2D eigenvalue weighted by atomic mass is 10.2. The first-order chi connectivity index (χ1) is 7.16. The monoisotopic (exact) mass is 282 g/mol. The number of aromatic nitrogens is 1. The molecule has 0 bridgehead atoms. The normalized spacial score (nSPS) is 10.2. The van der Waals surface area contributed by atoms with Gasteiger partial charge in [0.15, 0.2) is 0 Å². The zero-order valence-electron chi connectivity index (χ0n) is 7.61. The first-order valence-corrected chi connectivity index (χ1v) is 5.85. The molecule has 0 atom stereocenters. The van der Waals surface area contributed by atoms with Crippen molar-refractivity contribution in [3.05, 3.63) is 39.8 Å². The number of carbonyl (C=O) groups excluding carboxylic acids is 1. The summed E-state index contributed by atoms with van der Waals surface area (Å²) < 4.78 is 1.01. The zero-order chi connectivity index (χ0) is 10.8. The maximum absolute atomic E-state index is 10.9. The minimum atomic E-state index is -0.491. The largest absolute Gasteiger partial charge is 0.364 e. The van der Waals surface area contributed by atoms with Gasteiger partial charge in [-0.1, -0.05) is 28.1 Å². The molecule has 0 unspecified atom stereocenters. The van der Waals surface area contributed by atoms with Crippen molar-refractivity contribution in [3.63, 3.8) is 0 Å². The SMILES string of the molecule is NC(=O)c1csc(-c2ccc(Br)cc2)n1. The number of carbonyl (C=O) groups is 1. The molecule has 0 saturated heterocycles. The van der Waals surface area contributed by atoms with Crippen LogP contribution in [0.4, 0.5) is 0 Å². The second kappa shape index (κ2) is 4.12. The first-order valence-electron chi connectivity index (χ1n) is 4.18. The molecule has 0 fully saturated rings. The lowest BCUT2D eigenvalue weighted by Crippen LogP contribution is -2.10. The van der Waals surface area contributed by atoms with E-state index in [1.165, 1.54) is 11.3 Å². The molecule has 0 radical (unpaired) electrons. The van der Waals surface area contributed by atoms with E-state index in [2.05, 4.69) is 20.9 Å². The fraction of sp³-hybridized carbons (Fsp3) is 0. The Labute approximate surface area is 99.1 Å². The van der Waals surface area contributed by atoms with Gasteiger partial charge in [-0.15, -0.1) is 11.3 Å². The Balaban J connectivity index is 2.37. The number of rotatable bonds is 2. The Morgan fingerprint density at radius 3 is 2.53 bits per heavy atom. The van der Waals surface area contributed by atoms with E-state index < -0.39 is 5.91 Å². The van der Waals surface area contributed by atoms with Gasteiger partial charge < -0.3 is 5.73 Å². The number of benzene rings is 1. The van der Waals surface area contributed by atoms with E-state index in [-0.39, 0.29) is 0 Å². The lowest BCUT2D eigenvalue weighted by Gasteiger charge is -1.95. The van der Waals surface area contributed by atoms with Gasteiger partial charge >= 0.3 is 0 Å². The van der Waals surface area contributed by atoms with Crippen LogP contribution in [0.3, 0.4) is 0 Å². The third-order valence-corrected chi connectivity index (χ3v) is 3.27. The summed E-state index contributed by atoms with van der Waals surface area (Å²) in [5.41, 5.74) is 6.43. The highest BCUT2D eigenvalue weighted by Crippen LogP contribution is 2.24. The molecule has 0 aliphatic rings. The number of primary amides is 1. The van der Waals surface area contributed by atoms with Gasteiger partial charge in [-0.25, -0.2) is 4.98 Å². The van der Waals surface area contributed by atoms with Gasteiger partial charge in [0.25, 0.3) is 5.91 Å². The molecule has 2 N–H and O–H groups in total. The van der Waals surface area contributed by atoms with Gasteiger partial charge in [-0.3, -0.25) is 4.79 Å². The minimum Gasteiger partial charge on any atom is -0.364 e. The van der Waals surface area contributed by atoms with Crippen molar-refractivity contribution in [3.8, 4) is 10.6 Å². The van der Waals surface area contributed by atoms with E-state index in [0.717, 1.165) is 15.0 Å². The van der Waals surface area contributed by atoms with E-state index in [1.807, 2.05) is 24.3 Å². The molecule has 0 aliphatic carbocycles. The molecule has 15 heavy (non-hydrogen) atoms. The highest BCUT2D eigenvalue weighted by molar-refractivity contribution is 9.10. The van der Waals surface area contributed by atoms with Crippen LogP contribution in [0.2, 0.25) is 0 Å². The van der Waals surface area contributed by atoms with E-state index in [1.54, 1.807) is 5.38 Å². The maximum Gasteiger partial charge on any atom is 0.268 e. The summed E-state index contributed by atoms with van der Waals surface area (Å²) in [5.74, 6) is -0.491. The molecule has 3 nitrogen and oxygen atoms in total. The molecule has 1 heterocycles. The summed E-state index contributed by atoms with van der Waals surface area (Å²) in [6, 6.07) is 7.74. The van der Waals surface area contributed by atoms with Crippen molar-refractivity contribution < 1.29 is 4.79 Å². The molecule has 0 spiro atoms. The van der Waals surface area contributed by atoms with Crippen molar-refractivity contribution in [2.24, 2.45) is 5.73 Å². The average molecular weight is 283 g/mol. The van der Waals surface area contributed by atoms with Gasteiger partial charge in [-0.2, -0.15) is 0 Å². The lowest BCUT2D eigenvalue weighted by molar-refractivity contribution is 0.0996. The quantitative estimate of drug-likeness (QED) is 0.921. The highest BCUT2D eigenvalue weighted by Gasteiger charge is 2.07. The Hall–Kier alpha value is -1.20. The second-order valence-electron chi connectivity index (χ2n) is 2.91. The highest BCUT2D eigenvalue weighted by atomic mass is 79.9. The Morgan fingerprint density at radius 1 is 1.33 bits per heavy atom. The van der Waals surface area contributed by atoms with Gasteiger partial charge in [-0.05, 0) is 12.1 Å². The fourth-order valence-electron chi connectivity index (χ4n) is 1.11. The molecule has 1 aromatic carbocycles. The van der Waals surface area contributed by atoms with E-state index >= 15 is 0 Å². The molecule has 5 heteroatoms. The smallest absolute Gasteiger partial charge is 0.268 e. The third kappa shape index (κ3) is 2.24. The molecule has 1 amide bonds. The Kier molecular flexibility index (Phi) is 2.83. The van der Waals surface area contributed by atoms with Crippen LogP contribution in [0.25, 0.3) is 10.6 Å². The summed E-state index contributed by atoms with van der Waals surface area (Å²) in [5, 5.41) is 2.47. The molecule has 0 saturated carbocycles. The number of hydrogen-bond acceptors (Lipinski definition) is 3. The van der Waals surface area contributed by atoms with Gasteiger partial charge in [0.2, 0.25) is 0 Å². The molecule has 2 rings (SSSR count). The van der Waals surface area contributed by atoms with Crippen LogP contribution in [0, 0.1) is 0 Å². The van der Waals surface area contributed by atoms with Crippen LogP contribution in [0.1, 0.15) is 10.5 Å². The predicted octanol–water partition coefficient (Wildman–Crippen LogP) is 2.67. The summed E-state index contributed by atoms with van der Waals surface area (Å²) in [4.78, 5) is 15.0. The van der Waals surface area contributed by atoms with Crippen LogP contribution in [0.15, 0.2) is 34.1 Å². The van der Waals surface area contributed by atoms with Crippen molar-refractivity contribution in [1.82, 2.24) is 4.98 Å². The van der Waals surface area contributed by atoms with E-state index in [9.17, 15) is 4.79 Å². The number of nitrogens with two attached hydrogens (primary N) is 1. The number of thiazole rings is 1. The fourth-order valence-corrected chi connectivity index (χ4v) is 2.19. The summed E-state index contributed by atoms with van der Waals surface area (Å²) in [6.45, 7) is 0. The Morgan fingerprint density at radius 2 is 2.00 bits per heavy atom. The van der Waals surface area contributed by atoms with Crippen molar-refractivity contribution in [1.29, 1.82) is 0 Å². The number of hydrogen-bond donors (Lipinski definition) is 1. The van der Waals surface area contributed by atoms with Crippen molar-refractivity contribution in [2.45, 2.75) is 0 Å². The maximum atomic E-state index is 10.9. The average Bonchev–Trinajstić information content (AvgIpc) is 2.68. The minimum absolute atomic E-state index is 0.318. The molecule has 2 aromatic rings. The van der Waals surface area contributed by atoms with E-state index in [4.69, 9.17) is 5.73 Å². The summed E-state index contributed by atoms with van der Waals surface area (Å²) in [7, 11) is 0. The van der Waals surface area contributed by atoms with Gasteiger partial charge in [0, 0.05) is 15.4 Å². The number of halogens is 1. The molecule has 1 aromatic heterocycles. The van der Waals surface area contributed by atoms with Gasteiger partial charge in [0.05, 0.1) is 0 Å². The van der Waals surface area contributed by atoms with Crippen LogP contribution in [-0.4, -0.2) is 10.9 Å². The standard InChI is InChI=1S/C10H7BrN2OS/c11-7-3-1-6(2-4-7)10-13-8(5-15-10)9(12)14/h1-5H,(H2,12,14). The van der Waals surface area contributed by atoms with Crippen LogP contribution < -0.4 is 5.73 Å².